The van der Waals surface area contributed by atoms with E-state index in [-0.39, 0.29) is 0 Å². The molecule has 0 spiro atoms. The van der Waals surface area contributed by atoms with Gasteiger partial charge in [-0.1, -0.05) is 30.4 Å². The van der Waals surface area contributed by atoms with Crippen LogP contribution in [0.25, 0.3) is 0 Å². The molecule has 27 heavy (non-hydrogen) atoms. The number of nitrogens with zero attached hydrogens (tertiary/aromatic N) is 3. The third kappa shape index (κ3) is 3.41. The Morgan fingerprint density at radius 1 is 1.37 bits per heavy atom. The van der Waals surface area contributed by atoms with Gasteiger partial charge in [-0.15, -0.1) is 11.6 Å². The van der Waals surface area contributed by atoms with E-state index in [4.69, 9.17) is 16.2 Å². The largest absolute Gasteiger partial charge is 0.287 e. The number of benzene rings is 1. The van der Waals surface area contributed by atoms with E-state index < -0.39 is 26.7 Å². The highest BCUT2D eigenvalue weighted by Crippen LogP contribution is 2.41. The summed E-state index contributed by atoms with van der Waals surface area (Å²) < 4.78 is 45.5. The molecule has 2 aliphatic heterocycles. The molecule has 3 aliphatic rings. The monoisotopic (exact) mass is 408 g/mol. The lowest BCUT2D eigenvalue weighted by Crippen LogP contribution is -2.33. The van der Waals surface area contributed by atoms with E-state index in [0.29, 0.717) is 34.7 Å². The molecule has 1 unspecified atom stereocenters. The van der Waals surface area contributed by atoms with Gasteiger partial charge in [0.15, 0.2) is 5.88 Å². The van der Waals surface area contributed by atoms with Gasteiger partial charge in [0.1, 0.15) is 10.7 Å². The second-order valence-corrected chi connectivity index (χ2v) is 8.23. The van der Waals surface area contributed by atoms with Crippen LogP contribution >= 0.6 is 11.6 Å². The maximum absolute atomic E-state index is 14.2. The van der Waals surface area contributed by atoms with E-state index in [1.807, 2.05) is 0 Å². The second kappa shape index (κ2) is 6.29. The minimum atomic E-state index is -4.24. The van der Waals surface area contributed by atoms with Crippen LogP contribution in [0, 0.1) is 5.82 Å². The number of hydrogen-bond donors (Lipinski definition) is 2. The van der Waals surface area contributed by atoms with Crippen molar-refractivity contribution >= 4 is 33.6 Å². The van der Waals surface area contributed by atoms with E-state index in [0.717, 1.165) is 5.12 Å². The molecule has 0 bridgehead atoms. The van der Waals surface area contributed by atoms with Crippen molar-refractivity contribution in [2.24, 2.45) is 10.1 Å². The van der Waals surface area contributed by atoms with Gasteiger partial charge in [0.2, 0.25) is 0 Å². The molecule has 0 saturated heterocycles. The quantitative estimate of drug-likeness (QED) is 0.592. The standard InChI is InChI=1S/C17H14ClFN4O3S/c18-17(12-3-1-2-4-13(12)19)7-5-11-15(9-17)20-8-6-14-16(11)22-23(21-14)10-27(24,25)26/h1-5,7-9,22H,6,10H2,(H,24,25,26). The zero-order valence-corrected chi connectivity index (χ0v) is 15.4. The van der Waals surface area contributed by atoms with Gasteiger partial charge in [-0.3, -0.25) is 15.0 Å². The molecule has 10 heteroatoms. The third-order valence-electron chi connectivity index (χ3n) is 4.24. The van der Waals surface area contributed by atoms with Crippen LogP contribution < -0.4 is 5.43 Å². The summed E-state index contributed by atoms with van der Waals surface area (Å²) >= 11 is 6.66. The first kappa shape index (κ1) is 17.9. The van der Waals surface area contributed by atoms with Gasteiger partial charge in [0.05, 0.1) is 17.1 Å². The van der Waals surface area contributed by atoms with Gasteiger partial charge in [-0.05, 0) is 12.1 Å². The van der Waals surface area contributed by atoms with Gasteiger partial charge < -0.3 is 0 Å². The summed E-state index contributed by atoms with van der Waals surface area (Å²) in [7, 11) is -4.24. The van der Waals surface area contributed by atoms with E-state index in [9.17, 15) is 12.8 Å². The van der Waals surface area contributed by atoms with Crippen LogP contribution in [0.4, 0.5) is 4.39 Å². The van der Waals surface area contributed by atoms with Crippen molar-refractivity contribution in [3.63, 3.8) is 0 Å². The molecule has 4 rings (SSSR count). The lowest BCUT2D eigenvalue weighted by molar-refractivity contribution is 0.275. The van der Waals surface area contributed by atoms with Gasteiger partial charge in [-0.2, -0.15) is 18.6 Å². The molecule has 7 nitrogen and oxygen atoms in total. The average molecular weight is 409 g/mol. The number of aliphatic imine (C=N–C) groups is 1. The molecule has 1 aromatic carbocycles. The van der Waals surface area contributed by atoms with Crippen LogP contribution in [0.15, 0.2) is 69.6 Å². The number of hydrazone groups is 1. The van der Waals surface area contributed by atoms with E-state index in [1.165, 1.54) is 6.07 Å². The molecular formula is C17H14ClFN4O3S. The fraction of sp³-hybridized carbons (Fsp3) is 0.176. The van der Waals surface area contributed by atoms with Crippen molar-refractivity contribution in [1.29, 1.82) is 0 Å². The smallest absolute Gasteiger partial charge is 0.284 e. The van der Waals surface area contributed by atoms with E-state index >= 15 is 0 Å². The van der Waals surface area contributed by atoms with Crippen LogP contribution in [0.5, 0.6) is 0 Å². The highest BCUT2D eigenvalue weighted by atomic mass is 35.5. The predicted octanol–water partition coefficient (Wildman–Crippen LogP) is 2.46. The van der Waals surface area contributed by atoms with Crippen molar-refractivity contribution in [3.8, 4) is 0 Å². The number of allylic oxidation sites excluding steroid dienone is 4. The van der Waals surface area contributed by atoms with Crippen LogP contribution in [0.3, 0.4) is 0 Å². The van der Waals surface area contributed by atoms with Crippen molar-refractivity contribution < 1.29 is 17.4 Å². The van der Waals surface area contributed by atoms with Crippen LogP contribution in [0.2, 0.25) is 0 Å². The number of hydrogen-bond acceptors (Lipinski definition) is 6. The Bertz CT molecular complexity index is 1080. The van der Waals surface area contributed by atoms with Gasteiger partial charge in [0.25, 0.3) is 10.1 Å². The summed E-state index contributed by atoms with van der Waals surface area (Å²) in [6, 6.07) is 6.24. The molecule has 140 valence electrons. The molecule has 1 atom stereocenters. The fourth-order valence-electron chi connectivity index (χ4n) is 3.09. The Labute approximate surface area is 159 Å². The first-order chi connectivity index (χ1) is 12.8. The first-order valence-electron chi connectivity index (χ1n) is 7.95. The Hall–Kier alpha value is -2.49. The Morgan fingerprint density at radius 2 is 2.15 bits per heavy atom. The molecular weight excluding hydrogens is 395 g/mol. The van der Waals surface area contributed by atoms with Gasteiger partial charge in [0, 0.05) is 23.8 Å². The number of halogens is 2. The van der Waals surface area contributed by atoms with Gasteiger partial charge in [-0.25, -0.2) is 4.39 Å². The maximum Gasteiger partial charge on any atom is 0.287 e. The Balaban J connectivity index is 1.74. The highest BCUT2D eigenvalue weighted by Gasteiger charge is 2.34. The lowest BCUT2D eigenvalue weighted by Gasteiger charge is -2.26. The topological polar surface area (TPSA) is 94.4 Å². The summed E-state index contributed by atoms with van der Waals surface area (Å²) in [4.78, 5) is 3.19. The predicted molar refractivity (Wildman–Crippen MR) is 100 cm³/mol. The number of fused-ring (bicyclic) bond motifs is 2. The van der Waals surface area contributed by atoms with E-state index in [2.05, 4.69) is 15.5 Å². The Morgan fingerprint density at radius 3 is 2.89 bits per heavy atom. The van der Waals surface area contributed by atoms with Crippen LogP contribution in [-0.4, -0.2) is 35.9 Å². The average Bonchev–Trinajstić information content (AvgIpc) is 2.88. The fourth-order valence-corrected chi connectivity index (χ4v) is 3.84. The van der Waals surface area contributed by atoms with Crippen LogP contribution in [0.1, 0.15) is 12.0 Å². The molecule has 0 fully saturated rings. The second-order valence-electron chi connectivity index (χ2n) is 6.18. The SMILES string of the molecule is O=S(=O)(O)CN1N=C2CC=NC3=CC(Cl)(c4ccccc4F)C=CC3=C2N1. The number of rotatable bonds is 3. The number of nitrogens with one attached hydrogen (secondary N) is 1. The Kier molecular flexibility index (Phi) is 4.17. The zero-order chi connectivity index (χ0) is 19.2. The molecule has 0 aromatic heterocycles. The van der Waals surface area contributed by atoms with Crippen molar-refractivity contribution in [3.05, 3.63) is 70.8 Å². The van der Waals surface area contributed by atoms with Crippen molar-refractivity contribution in [2.45, 2.75) is 11.3 Å². The first-order valence-corrected chi connectivity index (χ1v) is 9.94. The summed E-state index contributed by atoms with van der Waals surface area (Å²) in [5.41, 5.74) is 5.44. The summed E-state index contributed by atoms with van der Waals surface area (Å²) in [6.07, 6.45) is 6.96. The maximum atomic E-state index is 14.2. The van der Waals surface area contributed by atoms with E-state index in [1.54, 1.807) is 42.6 Å². The molecule has 1 aromatic rings. The number of hydrazine groups is 1. The third-order valence-corrected chi connectivity index (χ3v) is 5.25. The normalized spacial score (nSPS) is 24.0. The summed E-state index contributed by atoms with van der Waals surface area (Å²) in [5.74, 6) is -1.12. The molecule has 2 N–H and O–H groups in total. The molecule has 0 radical (unpaired) electrons. The molecule has 2 heterocycles. The molecule has 0 saturated carbocycles. The zero-order valence-electron chi connectivity index (χ0n) is 13.8. The van der Waals surface area contributed by atoms with Crippen molar-refractivity contribution in [2.75, 3.05) is 5.88 Å². The minimum Gasteiger partial charge on any atom is -0.284 e. The molecule has 0 amide bonds. The van der Waals surface area contributed by atoms with Crippen molar-refractivity contribution in [1.82, 2.24) is 10.5 Å². The number of alkyl halides is 1. The molecule has 1 aliphatic carbocycles. The highest BCUT2D eigenvalue weighted by molar-refractivity contribution is 7.85. The van der Waals surface area contributed by atoms with Gasteiger partial charge >= 0.3 is 0 Å². The summed E-state index contributed by atoms with van der Waals surface area (Å²) in [5, 5.41) is 5.19. The minimum absolute atomic E-state index is 0.306. The lowest BCUT2D eigenvalue weighted by atomic mass is 9.89. The van der Waals surface area contributed by atoms with Crippen LogP contribution in [-0.2, 0) is 15.0 Å². The summed E-state index contributed by atoms with van der Waals surface area (Å²) in [6.45, 7) is 0.